The highest BCUT2D eigenvalue weighted by atomic mass is 32.2. The molecule has 12 aromatic rings. The molecule has 4 heteroatoms. The molecule has 69 heavy (non-hydrogen) atoms. The lowest BCUT2D eigenvalue weighted by atomic mass is 9.67. The number of benzene rings is 11. The summed E-state index contributed by atoms with van der Waals surface area (Å²) in [6, 6.07) is 92.7. The summed E-state index contributed by atoms with van der Waals surface area (Å²) < 4.78 is 6.91. The van der Waals surface area contributed by atoms with E-state index in [4.69, 9.17) is 4.42 Å². The molecular weight excluding hydrogens is 857 g/mol. The van der Waals surface area contributed by atoms with Crippen LogP contribution in [0.2, 0.25) is 0 Å². The van der Waals surface area contributed by atoms with Gasteiger partial charge >= 0.3 is 0 Å². The minimum atomic E-state index is -0.474. The lowest BCUT2D eigenvalue weighted by molar-refractivity contribution is 0.669. The number of furan rings is 1. The normalized spacial score (nSPS) is 13.0. The molecule has 14 rings (SSSR count). The van der Waals surface area contributed by atoms with Crippen molar-refractivity contribution >= 4 is 78.6 Å². The van der Waals surface area contributed by atoms with Gasteiger partial charge in [0.25, 0.3) is 0 Å². The summed E-state index contributed by atoms with van der Waals surface area (Å²) in [5.41, 5.74) is 17.9. The molecule has 0 saturated carbocycles. The predicted octanol–water partition coefficient (Wildman–Crippen LogP) is 18.2. The Bertz CT molecular complexity index is 3870. The average molecular weight is 899 g/mol. The van der Waals surface area contributed by atoms with E-state index in [0.717, 1.165) is 67.2 Å². The molecule has 11 aromatic carbocycles. The van der Waals surface area contributed by atoms with E-state index in [2.05, 4.69) is 265 Å². The van der Waals surface area contributed by atoms with Crippen molar-refractivity contribution in [2.45, 2.75) is 15.2 Å². The maximum Gasteiger partial charge on any atom is 0.137 e. The Balaban J connectivity index is 0.899. The average Bonchev–Trinajstić information content (AvgIpc) is 3.92. The molecule has 0 atom stereocenters. The first kappa shape index (κ1) is 39.6. The molecule has 324 valence electrons. The molecule has 1 aliphatic carbocycles. The quantitative estimate of drug-likeness (QED) is 0.159. The third kappa shape index (κ3) is 6.09. The molecule has 2 heterocycles. The van der Waals surface area contributed by atoms with Gasteiger partial charge in [-0.2, -0.15) is 0 Å². The van der Waals surface area contributed by atoms with E-state index in [0.29, 0.717) is 0 Å². The van der Waals surface area contributed by atoms with Crippen molar-refractivity contribution in [3.8, 4) is 22.3 Å². The molecule has 1 spiro atoms. The lowest BCUT2D eigenvalue weighted by Crippen LogP contribution is -2.32. The van der Waals surface area contributed by atoms with E-state index in [1.165, 1.54) is 53.9 Å². The zero-order valence-electron chi connectivity index (χ0n) is 37.5. The Hall–Kier alpha value is -8.57. The Labute approximate surface area is 405 Å². The molecule has 1 aliphatic heterocycles. The van der Waals surface area contributed by atoms with Crippen LogP contribution >= 0.6 is 11.8 Å². The van der Waals surface area contributed by atoms with Crippen LogP contribution in [0.25, 0.3) is 55.0 Å². The number of anilines is 6. The lowest BCUT2D eigenvalue weighted by Gasteiger charge is -2.40. The monoisotopic (exact) mass is 898 g/mol. The fourth-order valence-corrected chi connectivity index (χ4v) is 12.6. The molecule has 0 radical (unpaired) electrons. The van der Waals surface area contributed by atoms with E-state index in [1.54, 1.807) is 0 Å². The number of nitrogens with zero attached hydrogens (tertiary/aromatic N) is 2. The van der Waals surface area contributed by atoms with Gasteiger partial charge in [-0.15, -0.1) is 0 Å². The fourth-order valence-electron chi connectivity index (χ4n) is 11.4. The maximum absolute atomic E-state index is 6.91. The standard InChI is InChI=1S/C65H42N2OS/c1-4-18-44(19-5-1)66(47-33-36-52-51-25-12-13-27-56(51)65(59(52)41-47)57-28-14-16-30-63(57)69-64-31-17-15-29-58(64)65)48-34-37-55-54-35-32-43(40-61(54)68-62(55)42-48)49-38-39-60(53-26-11-10-24-50(49)53)67(45-20-6-2-7-21-45)46-22-8-3-9-23-46/h1-42H. The number of hydrogen-bond acceptors (Lipinski definition) is 4. The van der Waals surface area contributed by atoms with Gasteiger partial charge in [-0.05, 0) is 141 Å². The maximum atomic E-state index is 6.91. The predicted molar refractivity (Wildman–Crippen MR) is 287 cm³/mol. The molecule has 0 N–H and O–H groups in total. The minimum absolute atomic E-state index is 0.474. The van der Waals surface area contributed by atoms with Gasteiger partial charge in [0, 0.05) is 60.5 Å². The van der Waals surface area contributed by atoms with E-state index >= 15 is 0 Å². The van der Waals surface area contributed by atoms with Crippen LogP contribution in [0.4, 0.5) is 34.1 Å². The van der Waals surface area contributed by atoms with E-state index in [9.17, 15) is 0 Å². The molecule has 1 aromatic heterocycles. The Morgan fingerprint density at radius 1 is 0.304 bits per heavy atom. The fraction of sp³-hybridized carbons (Fsp3) is 0.0154. The van der Waals surface area contributed by atoms with Crippen molar-refractivity contribution in [3.63, 3.8) is 0 Å². The Morgan fingerprint density at radius 2 is 0.797 bits per heavy atom. The van der Waals surface area contributed by atoms with Crippen LogP contribution in [0, 0.1) is 0 Å². The first-order chi connectivity index (χ1) is 34.2. The van der Waals surface area contributed by atoms with Gasteiger partial charge < -0.3 is 14.2 Å². The first-order valence-corrected chi connectivity index (χ1v) is 24.4. The zero-order chi connectivity index (χ0) is 45.5. The summed E-state index contributed by atoms with van der Waals surface area (Å²) in [5, 5.41) is 4.54. The largest absolute Gasteiger partial charge is 0.456 e. The smallest absolute Gasteiger partial charge is 0.137 e. The minimum Gasteiger partial charge on any atom is -0.456 e. The van der Waals surface area contributed by atoms with Crippen molar-refractivity contribution in [1.82, 2.24) is 0 Å². The molecular formula is C65H42N2OS. The third-order valence-electron chi connectivity index (χ3n) is 14.3. The highest BCUT2D eigenvalue weighted by molar-refractivity contribution is 7.99. The van der Waals surface area contributed by atoms with Gasteiger partial charge in [-0.1, -0.05) is 169 Å². The van der Waals surface area contributed by atoms with Gasteiger partial charge in [-0.25, -0.2) is 0 Å². The second kappa shape index (κ2) is 15.8. The molecule has 0 unspecified atom stereocenters. The summed E-state index contributed by atoms with van der Waals surface area (Å²) in [4.78, 5) is 7.32. The highest BCUT2D eigenvalue weighted by Crippen LogP contribution is 2.63. The van der Waals surface area contributed by atoms with Crippen molar-refractivity contribution in [1.29, 1.82) is 0 Å². The summed E-state index contributed by atoms with van der Waals surface area (Å²) in [7, 11) is 0. The van der Waals surface area contributed by atoms with Crippen LogP contribution in [0.1, 0.15) is 22.3 Å². The molecule has 2 aliphatic rings. The van der Waals surface area contributed by atoms with Crippen LogP contribution in [0.15, 0.2) is 269 Å². The molecule has 0 saturated heterocycles. The topological polar surface area (TPSA) is 19.6 Å². The number of para-hydroxylation sites is 3. The van der Waals surface area contributed by atoms with Gasteiger partial charge in [0.15, 0.2) is 0 Å². The van der Waals surface area contributed by atoms with E-state index in [-0.39, 0.29) is 0 Å². The van der Waals surface area contributed by atoms with Crippen LogP contribution in [-0.4, -0.2) is 0 Å². The number of hydrogen-bond donors (Lipinski definition) is 0. The number of fused-ring (bicyclic) bond motifs is 13. The second-order valence-electron chi connectivity index (χ2n) is 18.0. The van der Waals surface area contributed by atoms with E-state index < -0.39 is 5.41 Å². The van der Waals surface area contributed by atoms with Crippen molar-refractivity contribution < 1.29 is 4.42 Å². The first-order valence-electron chi connectivity index (χ1n) is 23.6. The second-order valence-corrected chi connectivity index (χ2v) is 19.1. The van der Waals surface area contributed by atoms with Gasteiger partial charge in [0.1, 0.15) is 11.2 Å². The van der Waals surface area contributed by atoms with Gasteiger partial charge in [-0.3, -0.25) is 0 Å². The molecule has 0 bridgehead atoms. The number of rotatable bonds is 7. The van der Waals surface area contributed by atoms with Crippen molar-refractivity contribution in [2.75, 3.05) is 9.80 Å². The van der Waals surface area contributed by atoms with Crippen LogP contribution in [0.5, 0.6) is 0 Å². The molecule has 0 fully saturated rings. The summed E-state index contributed by atoms with van der Waals surface area (Å²) in [6.07, 6.45) is 0. The van der Waals surface area contributed by atoms with E-state index in [1.807, 2.05) is 11.8 Å². The van der Waals surface area contributed by atoms with Crippen LogP contribution < -0.4 is 9.80 Å². The van der Waals surface area contributed by atoms with Gasteiger partial charge in [0.2, 0.25) is 0 Å². The Morgan fingerprint density at radius 3 is 1.48 bits per heavy atom. The summed E-state index contributed by atoms with van der Waals surface area (Å²) >= 11 is 1.88. The molecule has 3 nitrogen and oxygen atoms in total. The van der Waals surface area contributed by atoms with Crippen molar-refractivity contribution in [2.24, 2.45) is 0 Å². The molecule has 0 amide bonds. The van der Waals surface area contributed by atoms with Gasteiger partial charge in [0.05, 0.1) is 11.1 Å². The van der Waals surface area contributed by atoms with Crippen molar-refractivity contribution in [3.05, 3.63) is 277 Å². The zero-order valence-corrected chi connectivity index (χ0v) is 38.3. The summed E-state index contributed by atoms with van der Waals surface area (Å²) in [6.45, 7) is 0. The Kier molecular flexibility index (Phi) is 9.05. The highest BCUT2D eigenvalue weighted by Gasteiger charge is 2.50. The van der Waals surface area contributed by atoms with Crippen LogP contribution in [0.3, 0.4) is 0 Å². The van der Waals surface area contributed by atoms with Crippen LogP contribution in [-0.2, 0) is 5.41 Å². The summed E-state index contributed by atoms with van der Waals surface area (Å²) in [5.74, 6) is 0. The SMILES string of the molecule is c1ccc(N(c2ccc3c(c2)C2(c4ccccc4Sc4ccccc42)c2ccccc2-3)c2ccc3c(c2)oc2cc(-c4ccc(N(c5ccccc5)c5ccccc5)c5ccccc45)ccc23)cc1. The third-order valence-corrected chi connectivity index (χ3v) is 15.5.